The number of nitrogens with one attached hydrogen (secondary N) is 1. The van der Waals surface area contributed by atoms with Crippen molar-refractivity contribution < 1.29 is 18.7 Å². The van der Waals surface area contributed by atoms with E-state index in [2.05, 4.69) is 5.32 Å². The summed E-state index contributed by atoms with van der Waals surface area (Å²) in [4.78, 5) is 11.6. The molecule has 100 valence electrons. The van der Waals surface area contributed by atoms with Crippen LogP contribution in [0, 0.1) is 12.7 Å². The molecule has 0 aliphatic rings. The van der Waals surface area contributed by atoms with Crippen LogP contribution in [0.4, 0.5) is 4.39 Å². The molecule has 1 aromatic carbocycles. The highest BCUT2D eigenvalue weighted by molar-refractivity contribution is 5.80. The van der Waals surface area contributed by atoms with Crippen molar-refractivity contribution in [2.45, 2.75) is 20.0 Å². The highest BCUT2D eigenvalue weighted by atomic mass is 19.1. The van der Waals surface area contributed by atoms with E-state index in [0.717, 1.165) is 0 Å². The summed E-state index contributed by atoms with van der Waals surface area (Å²) < 4.78 is 23.2. The predicted octanol–water partition coefficient (Wildman–Crippen LogP) is 1.66. The molecule has 0 radical (unpaired) electrons. The number of ether oxygens (including phenoxy) is 2. The summed E-state index contributed by atoms with van der Waals surface area (Å²) in [5.74, 6) is -0.0429. The monoisotopic (exact) mass is 255 g/mol. The van der Waals surface area contributed by atoms with E-state index < -0.39 is 6.10 Å². The zero-order valence-electron chi connectivity index (χ0n) is 10.8. The molecule has 0 bridgehead atoms. The van der Waals surface area contributed by atoms with Gasteiger partial charge < -0.3 is 14.8 Å². The molecule has 0 saturated carbocycles. The number of hydrogen-bond acceptors (Lipinski definition) is 3. The van der Waals surface area contributed by atoms with E-state index in [1.807, 2.05) is 0 Å². The van der Waals surface area contributed by atoms with E-state index in [9.17, 15) is 9.18 Å². The summed E-state index contributed by atoms with van der Waals surface area (Å²) in [5.41, 5.74) is 0.659. The van der Waals surface area contributed by atoms with Crippen LogP contribution in [0.25, 0.3) is 0 Å². The number of carbonyl (C=O) groups excluding carboxylic acids is 1. The Morgan fingerprint density at radius 1 is 1.50 bits per heavy atom. The smallest absolute Gasteiger partial charge is 0.260 e. The van der Waals surface area contributed by atoms with Crippen LogP contribution in [0.15, 0.2) is 18.2 Å². The summed E-state index contributed by atoms with van der Waals surface area (Å²) in [5, 5.41) is 2.67. The predicted molar refractivity (Wildman–Crippen MR) is 66.1 cm³/mol. The van der Waals surface area contributed by atoms with Crippen LogP contribution in [0.1, 0.15) is 12.5 Å². The summed E-state index contributed by atoms with van der Waals surface area (Å²) in [6.45, 7) is 4.26. The minimum Gasteiger partial charge on any atom is -0.481 e. The first-order valence-electron chi connectivity index (χ1n) is 5.74. The summed E-state index contributed by atoms with van der Waals surface area (Å²) >= 11 is 0. The molecule has 1 rings (SSSR count). The van der Waals surface area contributed by atoms with Crippen molar-refractivity contribution in [2.75, 3.05) is 20.3 Å². The maximum atomic E-state index is 12.9. The third kappa shape index (κ3) is 4.33. The molecule has 1 unspecified atom stereocenters. The molecule has 1 aromatic rings. The highest BCUT2D eigenvalue weighted by Crippen LogP contribution is 2.19. The number of methoxy groups -OCH3 is 1. The van der Waals surface area contributed by atoms with Gasteiger partial charge in [0.15, 0.2) is 6.10 Å². The van der Waals surface area contributed by atoms with Crippen molar-refractivity contribution in [3.63, 3.8) is 0 Å². The van der Waals surface area contributed by atoms with E-state index in [1.54, 1.807) is 21.0 Å². The Kier molecular flexibility index (Phi) is 5.58. The second-order valence-corrected chi connectivity index (χ2v) is 3.95. The molecular weight excluding hydrogens is 237 g/mol. The molecule has 0 heterocycles. The number of rotatable bonds is 6. The van der Waals surface area contributed by atoms with Gasteiger partial charge in [0.05, 0.1) is 6.61 Å². The lowest BCUT2D eigenvalue weighted by Crippen LogP contribution is -2.38. The fraction of sp³-hybridized carbons (Fsp3) is 0.462. The maximum absolute atomic E-state index is 12.9. The molecule has 4 nitrogen and oxygen atoms in total. The number of halogens is 1. The lowest BCUT2D eigenvalue weighted by atomic mass is 10.2. The Balaban J connectivity index is 2.53. The Bertz CT molecular complexity index is 409. The molecule has 0 aliphatic carbocycles. The van der Waals surface area contributed by atoms with E-state index in [0.29, 0.717) is 24.5 Å². The van der Waals surface area contributed by atoms with Crippen LogP contribution in [-0.4, -0.2) is 32.3 Å². The minimum atomic E-state index is -0.633. The Morgan fingerprint density at radius 3 is 2.83 bits per heavy atom. The van der Waals surface area contributed by atoms with Crippen molar-refractivity contribution in [1.82, 2.24) is 5.32 Å². The Morgan fingerprint density at radius 2 is 2.22 bits per heavy atom. The quantitative estimate of drug-likeness (QED) is 0.786. The average Bonchev–Trinajstić information content (AvgIpc) is 2.32. The fourth-order valence-corrected chi connectivity index (χ4v) is 1.41. The minimum absolute atomic E-state index is 0.226. The number of aryl methyl sites for hydroxylation is 1. The van der Waals surface area contributed by atoms with Gasteiger partial charge in [0.25, 0.3) is 5.91 Å². The summed E-state index contributed by atoms with van der Waals surface area (Å²) in [7, 11) is 1.56. The zero-order chi connectivity index (χ0) is 13.5. The van der Waals surface area contributed by atoms with Crippen molar-refractivity contribution in [1.29, 1.82) is 0 Å². The molecule has 1 N–H and O–H groups in total. The van der Waals surface area contributed by atoms with Crippen molar-refractivity contribution in [3.8, 4) is 5.75 Å². The Labute approximate surface area is 106 Å². The first kappa shape index (κ1) is 14.4. The highest BCUT2D eigenvalue weighted by Gasteiger charge is 2.15. The van der Waals surface area contributed by atoms with Gasteiger partial charge in [0.2, 0.25) is 0 Å². The van der Waals surface area contributed by atoms with Crippen LogP contribution in [0.5, 0.6) is 5.75 Å². The molecule has 0 aromatic heterocycles. The number of hydrogen-bond donors (Lipinski definition) is 1. The van der Waals surface area contributed by atoms with E-state index >= 15 is 0 Å². The largest absolute Gasteiger partial charge is 0.481 e. The third-order valence-electron chi connectivity index (χ3n) is 2.42. The van der Waals surface area contributed by atoms with E-state index in [1.165, 1.54) is 18.2 Å². The molecular formula is C13H18FNO3. The van der Waals surface area contributed by atoms with Gasteiger partial charge in [-0.2, -0.15) is 0 Å². The third-order valence-corrected chi connectivity index (χ3v) is 2.42. The van der Waals surface area contributed by atoms with Crippen molar-refractivity contribution in [2.24, 2.45) is 0 Å². The van der Waals surface area contributed by atoms with Gasteiger partial charge in [-0.25, -0.2) is 4.39 Å². The molecule has 18 heavy (non-hydrogen) atoms. The fourth-order valence-electron chi connectivity index (χ4n) is 1.41. The number of amides is 1. The molecule has 0 fully saturated rings. The van der Waals surface area contributed by atoms with E-state index in [-0.39, 0.29) is 11.7 Å². The topological polar surface area (TPSA) is 47.6 Å². The van der Waals surface area contributed by atoms with Gasteiger partial charge in [0.1, 0.15) is 11.6 Å². The lowest BCUT2D eigenvalue weighted by molar-refractivity contribution is -0.127. The average molecular weight is 255 g/mol. The molecule has 1 amide bonds. The van der Waals surface area contributed by atoms with Gasteiger partial charge >= 0.3 is 0 Å². The number of carbonyl (C=O) groups is 1. The van der Waals surface area contributed by atoms with Crippen LogP contribution < -0.4 is 10.1 Å². The standard InChI is InChI=1S/C13H18FNO3/c1-9-8-11(14)4-5-12(9)18-10(2)13(16)15-6-7-17-3/h4-5,8,10H,6-7H2,1-3H3,(H,15,16). The summed E-state index contributed by atoms with van der Waals surface area (Å²) in [6.07, 6.45) is -0.633. The number of benzene rings is 1. The van der Waals surface area contributed by atoms with Gasteiger partial charge in [0, 0.05) is 13.7 Å². The van der Waals surface area contributed by atoms with Gasteiger partial charge in [-0.1, -0.05) is 0 Å². The van der Waals surface area contributed by atoms with Crippen LogP contribution in [0.3, 0.4) is 0 Å². The van der Waals surface area contributed by atoms with Crippen LogP contribution in [-0.2, 0) is 9.53 Å². The first-order valence-corrected chi connectivity index (χ1v) is 5.74. The maximum Gasteiger partial charge on any atom is 0.260 e. The van der Waals surface area contributed by atoms with Gasteiger partial charge in [-0.15, -0.1) is 0 Å². The molecule has 0 aliphatic heterocycles. The normalized spacial score (nSPS) is 12.0. The summed E-state index contributed by atoms with van der Waals surface area (Å²) in [6, 6.07) is 4.19. The molecule has 5 heteroatoms. The SMILES string of the molecule is COCCNC(=O)C(C)Oc1ccc(F)cc1C. The molecule has 1 atom stereocenters. The second-order valence-electron chi connectivity index (χ2n) is 3.95. The van der Waals surface area contributed by atoms with E-state index in [4.69, 9.17) is 9.47 Å². The van der Waals surface area contributed by atoms with Crippen molar-refractivity contribution >= 4 is 5.91 Å². The molecule has 0 spiro atoms. The van der Waals surface area contributed by atoms with Gasteiger partial charge in [-0.3, -0.25) is 4.79 Å². The molecule has 0 saturated heterocycles. The van der Waals surface area contributed by atoms with Gasteiger partial charge in [-0.05, 0) is 37.6 Å². The van der Waals surface area contributed by atoms with Crippen molar-refractivity contribution in [3.05, 3.63) is 29.6 Å². The second kappa shape index (κ2) is 6.96. The zero-order valence-corrected chi connectivity index (χ0v) is 10.8. The van der Waals surface area contributed by atoms with Crippen LogP contribution >= 0.6 is 0 Å². The Hall–Kier alpha value is -1.62. The first-order chi connectivity index (χ1) is 8.54. The lowest BCUT2D eigenvalue weighted by Gasteiger charge is -2.16. The van der Waals surface area contributed by atoms with Crippen LogP contribution in [0.2, 0.25) is 0 Å².